The van der Waals surface area contributed by atoms with Crippen molar-refractivity contribution < 1.29 is 9.53 Å². The predicted molar refractivity (Wildman–Crippen MR) is 49.5 cm³/mol. The highest BCUT2D eigenvalue weighted by atomic mass is 16.5. The largest absolute Gasteiger partial charge is 0.397 e. The number of hydrogen-bond donors (Lipinski definition) is 1. The van der Waals surface area contributed by atoms with Gasteiger partial charge in [0.15, 0.2) is 6.29 Å². The number of hydrogen-bond acceptors (Lipinski definition) is 4. The monoisotopic (exact) mass is 180 g/mol. The van der Waals surface area contributed by atoms with Crippen LogP contribution in [0.3, 0.4) is 0 Å². The van der Waals surface area contributed by atoms with Crippen molar-refractivity contribution in [3.05, 3.63) is 23.0 Å². The van der Waals surface area contributed by atoms with Gasteiger partial charge in [-0.05, 0) is 6.92 Å². The minimum Gasteiger partial charge on any atom is -0.397 e. The molecule has 0 aliphatic heterocycles. The lowest BCUT2D eigenvalue weighted by atomic mass is 10.1. The molecule has 1 rings (SSSR count). The van der Waals surface area contributed by atoms with Crippen molar-refractivity contribution in [2.24, 2.45) is 0 Å². The second kappa shape index (κ2) is 4.00. The van der Waals surface area contributed by atoms with Crippen molar-refractivity contribution in [1.29, 1.82) is 0 Å². The summed E-state index contributed by atoms with van der Waals surface area (Å²) in [6.45, 7) is 2.13. The molecule has 0 fully saturated rings. The fourth-order valence-corrected chi connectivity index (χ4v) is 1.09. The van der Waals surface area contributed by atoms with E-state index in [1.807, 2.05) is 0 Å². The van der Waals surface area contributed by atoms with E-state index in [-0.39, 0.29) is 0 Å². The third-order valence-corrected chi connectivity index (χ3v) is 1.88. The predicted octanol–water partition coefficient (Wildman–Crippen LogP) is 0.931. The zero-order valence-electron chi connectivity index (χ0n) is 7.70. The number of rotatable bonds is 3. The quantitative estimate of drug-likeness (QED) is 0.703. The Kier molecular flexibility index (Phi) is 2.97. The van der Waals surface area contributed by atoms with Gasteiger partial charge in [0.25, 0.3) is 0 Å². The van der Waals surface area contributed by atoms with Gasteiger partial charge in [0.05, 0.1) is 18.0 Å². The van der Waals surface area contributed by atoms with Gasteiger partial charge in [0.1, 0.15) is 0 Å². The van der Waals surface area contributed by atoms with Crippen molar-refractivity contribution in [2.45, 2.75) is 13.5 Å². The van der Waals surface area contributed by atoms with Crippen molar-refractivity contribution >= 4 is 12.0 Å². The van der Waals surface area contributed by atoms with Crippen LogP contribution < -0.4 is 5.73 Å². The Hall–Kier alpha value is -1.42. The second-order valence-electron chi connectivity index (χ2n) is 2.74. The number of anilines is 1. The number of aldehydes is 1. The molecule has 0 amide bonds. The zero-order chi connectivity index (χ0) is 9.84. The smallest absolute Gasteiger partial charge is 0.152 e. The van der Waals surface area contributed by atoms with Crippen molar-refractivity contribution in [2.75, 3.05) is 12.8 Å². The minimum absolute atomic E-state index is 0.337. The third-order valence-electron chi connectivity index (χ3n) is 1.88. The number of carbonyl (C=O) groups excluding carboxylic acids is 1. The Morgan fingerprint density at radius 2 is 2.38 bits per heavy atom. The number of nitrogens with two attached hydrogens (primary N) is 1. The molecule has 0 spiro atoms. The molecular formula is C9H12N2O2. The fourth-order valence-electron chi connectivity index (χ4n) is 1.09. The highest BCUT2D eigenvalue weighted by molar-refractivity contribution is 5.80. The van der Waals surface area contributed by atoms with Crippen LogP contribution >= 0.6 is 0 Å². The van der Waals surface area contributed by atoms with Crippen molar-refractivity contribution in [3.8, 4) is 0 Å². The molecule has 13 heavy (non-hydrogen) atoms. The van der Waals surface area contributed by atoms with E-state index in [9.17, 15) is 4.79 Å². The van der Waals surface area contributed by atoms with E-state index in [2.05, 4.69) is 4.98 Å². The van der Waals surface area contributed by atoms with E-state index in [0.717, 1.165) is 12.0 Å². The molecule has 70 valence electrons. The highest BCUT2D eigenvalue weighted by Crippen LogP contribution is 2.18. The molecule has 0 aliphatic rings. The van der Waals surface area contributed by atoms with Crippen LogP contribution in [0.1, 0.15) is 21.6 Å². The SMILES string of the molecule is COCc1c(C=O)cnc(C)c1N. The summed E-state index contributed by atoms with van der Waals surface area (Å²) < 4.78 is 4.94. The van der Waals surface area contributed by atoms with Crippen LogP contribution in [-0.2, 0) is 11.3 Å². The number of aromatic nitrogens is 1. The second-order valence-corrected chi connectivity index (χ2v) is 2.74. The Morgan fingerprint density at radius 1 is 1.69 bits per heavy atom. The molecule has 1 aromatic heterocycles. The van der Waals surface area contributed by atoms with Gasteiger partial charge in [-0.15, -0.1) is 0 Å². The van der Waals surface area contributed by atoms with Crippen LogP contribution in [0, 0.1) is 6.92 Å². The average Bonchev–Trinajstić information content (AvgIpc) is 2.14. The van der Waals surface area contributed by atoms with Gasteiger partial charge in [-0.3, -0.25) is 9.78 Å². The van der Waals surface area contributed by atoms with E-state index in [4.69, 9.17) is 10.5 Å². The number of pyridine rings is 1. The first kappa shape index (κ1) is 9.67. The third kappa shape index (κ3) is 1.84. The average molecular weight is 180 g/mol. The summed E-state index contributed by atoms with van der Waals surface area (Å²) in [5, 5.41) is 0. The lowest BCUT2D eigenvalue weighted by molar-refractivity contribution is 0.111. The molecule has 0 saturated heterocycles. The van der Waals surface area contributed by atoms with E-state index < -0.39 is 0 Å². The van der Waals surface area contributed by atoms with Gasteiger partial charge in [-0.25, -0.2) is 0 Å². The summed E-state index contributed by atoms with van der Waals surface area (Å²) in [7, 11) is 1.56. The zero-order valence-corrected chi connectivity index (χ0v) is 7.70. The van der Waals surface area contributed by atoms with Crippen LogP contribution in [0.2, 0.25) is 0 Å². The molecule has 0 aliphatic carbocycles. The summed E-state index contributed by atoms with van der Waals surface area (Å²) in [4.78, 5) is 14.6. The molecule has 0 aromatic carbocycles. The molecule has 4 nitrogen and oxygen atoms in total. The van der Waals surface area contributed by atoms with Gasteiger partial charge in [0.2, 0.25) is 0 Å². The molecule has 0 atom stereocenters. The Bertz CT molecular complexity index is 324. The molecule has 1 aromatic rings. The molecule has 0 saturated carbocycles. The topological polar surface area (TPSA) is 65.2 Å². The molecule has 2 N–H and O–H groups in total. The summed E-state index contributed by atoms with van der Waals surface area (Å²) in [6, 6.07) is 0. The molecule has 0 radical (unpaired) electrons. The molecular weight excluding hydrogens is 168 g/mol. The number of ether oxygens (including phenoxy) is 1. The summed E-state index contributed by atoms with van der Waals surface area (Å²) in [6.07, 6.45) is 2.24. The first-order chi connectivity index (χ1) is 6.20. The molecule has 1 heterocycles. The minimum atomic E-state index is 0.337. The van der Waals surface area contributed by atoms with Crippen LogP contribution in [0.25, 0.3) is 0 Å². The van der Waals surface area contributed by atoms with Crippen LogP contribution in [0.4, 0.5) is 5.69 Å². The maximum absolute atomic E-state index is 10.6. The lowest BCUT2D eigenvalue weighted by Gasteiger charge is -2.08. The summed E-state index contributed by atoms with van der Waals surface area (Å²) in [5.74, 6) is 0. The van der Waals surface area contributed by atoms with E-state index in [0.29, 0.717) is 23.4 Å². The van der Waals surface area contributed by atoms with Crippen LogP contribution in [0.15, 0.2) is 6.20 Å². The Morgan fingerprint density at radius 3 is 2.92 bits per heavy atom. The standard InChI is InChI=1S/C9H12N2O2/c1-6-9(10)8(5-13-2)7(4-12)3-11-6/h3-4H,5,10H2,1-2H3. The van der Waals surface area contributed by atoms with Crippen LogP contribution in [0.5, 0.6) is 0 Å². The van der Waals surface area contributed by atoms with Gasteiger partial charge in [0, 0.05) is 24.4 Å². The molecule has 4 heteroatoms. The number of aryl methyl sites for hydroxylation is 1. The number of nitrogens with zero attached hydrogens (tertiary/aromatic N) is 1. The Balaban J connectivity index is 3.23. The van der Waals surface area contributed by atoms with Crippen molar-refractivity contribution in [1.82, 2.24) is 4.98 Å². The van der Waals surface area contributed by atoms with Gasteiger partial charge >= 0.3 is 0 Å². The van der Waals surface area contributed by atoms with Gasteiger partial charge in [-0.2, -0.15) is 0 Å². The Labute approximate surface area is 76.7 Å². The first-order valence-electron chi connectivity index (χ1n) is 3.88. The van der Waals surface area contributed by atoms with Gasteiger partial charge in [-0.1, -0.05) is 0 Å². The number of nitrogen functional groups attached to an aromatic ring is 1. The fraction of sp³-hybridized carbons (Fsp3) is 0.333. The van der Waals surface area contributed by atoms with Crippen LogP contribution in [-0.4, -0.2) is 18.4 Å². The van der Waals surface area contributed by atoms with Crippen molar-refractivity contribution in [3.63, 3.8) is 0 Å². The van der Waals surface area contributed by atoms with E-state index >= 15 is 0 Å². The summed E-state index contributed by atoms with van der Waals surface area (Å²) >= 11 is 0. The van der Waals surface area contributed by atoms with E-state index in [1.54, 1.807) is 14.0 Å². The molecule has 0 bridgehead atoms. The maximum Gasteiger partial charge on any atom is 0.152 e. The number of carbonyl (C=O) groups is 1. The normalized spacial score (nSPS) is 10.0. The molecule has 0 unspecified atom stereocenters. The lowest BCUT2D eigenvalue weighted by Crippen LogP contribution is -2.04. The van der Waals surface area contributed by atoms with E-state index in [1.165, 1.54) is 6.20 Å². The maximum atomic E-state index is 10.6. The summed E-state index contributed by atoms with van der Waals surface area (Å²) in [5.41, 5.74) is 8.20. The highest BCUT2D eigenvalue weighted by Gasteiger charge is 2.08. The van der Waals surface area contributed by atoms with Gasteiger partial charge < -0.3 is 10.5 Å². The first-order valence-corrected chi connectivity index (χ1v) is 3.88. The number of methoxy groups -OCH3 is 1.